The van der Waals surface area contributed by atoms with Crippen LogP contribution >= 0.6 is 0 Å². The van der Waals surface area contributed by atoms with Crippen molar-refractivity contribution in [3.63, 3.8) is 0 Å². The highest BCUT2D eigenvalue weighted by Gasteiger charge is 2.47. The summed E-state index contributed by atoms with van der Waals surface area (Å²) in [5.41, 5.74) is 0. The molecule has 8 atom stereocenters. The second-order valence-corrected chi connectivity index (χ2v) is 22.8. The standard InChI is InChI=1S/C73H123NO10/c1-4-7-10-13-16-19-22-25-27-29-31-33-34-35-37-39-41-43-46-49-52-55-58-61-68(78)84-71-70(80)69(79)67(62-75)83-73(71)82-63-64(65(76)59-56-53-50-47-44-24-21-18-15-12-9-6-3)74-72(81)66(77)60-57-54-51-48-45-42-40-38-36-32-30-28-26-23-20-17-14-11-8-5-2/h8,11,16-17,19-20,25-28,31-33,35-37,40,42,56,59,64-67,69-71,73,75-77,79-80H,4-7,9-10,12-15,18,21-24,29-30,34,38-39,41,43-55,57-58,60-63H2,1-3H3,(H,74,81)/b11-8-,19-16-,20-17-,27-25-,28-26-,33-31-,36-32-,37-35-,42-40-,59-56+. The molecule has 11 heteroatoms. The summed E-state index contributed by atoms with van der Waals surface area (Å²) in [5, 5.41) is 57.1. The van der Waals surface area contributed by atoms with Crippen LogP contribution in [0.4, 0.5) is 0 Å². The number of carbonyl (C=O) groups excluding carboxylic acids is 2. The van der Waals surface area contributed by atoms with Crippen LogP contribution in [0, 0.1) is 0 Å². The molecule has 1 aliphatic heterocycles. The van der Waals surface area contributed by atoms with Crippen molar-refractivity contribution in [2.75, 3.05) is 13.2 Å². The van der Waals surface area contributed by atoms with Gasteiger partial charge in [0.25, 0.3) is 0 Å². The zero-order chi connectivity index (χ0) is 61.0. The van der Waals surface area contributed by atoms with Crippen LogP contribution in [0.1, 0.15) is 265 Å². The van der Waals surface area contributed by atoms with Gasteiger partial charge in [0.05, 0.1) is 25.4 Å². The summed E-state index contributed by atoms with van der Waals surface area (Å²) < 4.78 is 17.6. The van der Waals surface area contributed by atoms with Gasteiger partial charge in [-0.15, -0.1) is 0 Å². The number of hydrogen-bond acceptors (Lipinski definition) is 10. The van der Waals surface area contributed by atoms with Gasteiger partial charge >= 0.3 is 5.97 Å². The van der Waals surface area contributed by atoms with Gasteiger partial charge in [-0.2, -0.15) is 0 Å². The van der Waals surface area contributed by atoms with Gasteiger partial charge in [-0.1, -0.05) is 264 Å². The molecule has 11 nitrogen and oxygen atoms in total. The minimum Gasteiger partial charge on any atom is -0.454 e. The summed E-state index contributed by atoms with van der Waals surface area (Å²) >= 11 is 0. The van der Waals surface area contributed by atoms with Crippen LogP contribution in [-0.2, 0) is 23.8 Å². The number of amides is 1. The molecule has 1 rings (SSSR count). The quantitative estimate of drug-likeness (QED) is 0.0195. The number of ether oxygens (including phenoxy) is 3. The van der Waals surface area contributed by atoms with Gasteiger partial charge in [-0.25, -0.2) is 0 Å². The number of carbonyl (C=O) groups is 2. The molecule has 0 aromatic carbocycles. The van der Waals surface area contributed by atoms with Crippen molar-refractivity contribution >= 4 is 11.9 Å². The van der Waals surface area contributed by atoms with Gasteiger partial charge in [0.1, 0.15) is 24.4 Å². The Morgan fingerprint density at radius 2 is 0.857 bits per heavy atom. The van der Waals surface area contributed by atoms with E-state index in [4.69, 9.17) is 14.2 Å². The van der Waals surface area contributed by atoms with E-state index in [0.717, 1.165) is 148 Å². The summed E-state index contributed by atoms with van der Waals surface area (Å²) in [6.07, 6.45) is 72.2. The first-order chi connectivity index (χ1) is 41.2. The molecule has 1 saturated heterocycles. The highest BCUT2D eigenvalue weighted by Crippen LogP contribution is 2.26. The number of unbranched alkanes of at least 4 members (excludes halogenated alkanes) is 24. The van der Waals surface area contributed by atoms with E-state index >= 15 is 0 Å². The first kappa shape index (κ1) is 78.1. The highest BCUT2D eigenvalue weighted by atomic mass is 16.7. The Labute approximate surface area is 512 Å². The number of allylic oxidation sites excluding steroid dienone is 19. The summed E-state index contributed by atoms with van der Waals surface area (Å²) in [4.78, 5) is 26.6. The van der Waals surface area contributed by atoms with Crippen LogP contribution < -0.4 is 5.32 Å². The zero-order valence-corrected chi connectivity index (χ0v) is 53.2. The predicted molar refractivity (Wildman–Crippen MR) is 351 cm³/mol. The number of hydrogen-bond donors (Lipinski definition) is 6. The molecular formula is C73H123NO10. The van der Waals surface area contributed by atoms with Gasteiger partial charge in [0.2, 0.25) is 5.91 Å². The lowest BCUT2D eigenvalue weighted by Crippen LogP contribution is -2.61. The van der Waals surface area contributed by atoms with Crippen molar-refractivity contribution in [2.45, 2.75) is 314 Å². The smallest absolute Gasteiger partial charge is 0.306 e. The Bertz CT molecular complexity index is 1830. The number of aliphatic hydroxyl groups excluding tert-OH is 5. The lowest BCUT2D eigenvalue weighted by atomic mass is 9.99. The van der Waals surface area contributed by atoms with Crippen LogP contribution in [0.15, 0.2) is 122 Å². The van der Waals surface area contributed by atoms with Crippen molar-refractivity contribution < 1.29 is 49.3 Å². The van der Waals surface area contributed by atoms with E-state index in [9.17, 15) is 35.1 Å². The maximum Gasteiger partial charge on any atom is 0.306 e. The molecule has 480 valence electrons. The fraction of sp³-hybridized carbons (Fsp3) is 0.699. The molecule has 0 saturated carbocycles. The Kier molecular flexibility index (Phi) is 55.2. The Morgan fingerprint density at radius 1 is 0.476 bits per heavy atom. The zero-order valence-electron chi connectivity index (χ0n) is 53.2. The molecule has 0 spiro atoms. The number of nitrogens with one attached hydrogen (secondary N) is 1. The van der Waals surface area contributed by atoms with Gasteiger partial charge in [-0.3, -0.25) is 9.59 Å². The molecule has 8 unspecified atom stereocenters. The third-order valence-corrected chi connectivity index (χ3v) is 15.1. The fourth-order valence-electron chi connectivity index (χ4n) is 9.78. The highest BCUT2D eigenvalue weighted by molar-refractivity contribution is 5.80. The third-order valence-electron chi connectivity index (χ3n) is 15.1. The molecule has 1 heterocycles. The molecular weight excluding hydrogens is 1050 g/mol. The Hall–Kier alpha value is -3.94. The molecule has 0 aromatic heterocycles. The summed E-state index contributed by atoms with van der Waals surface area (Å²) in [6.45, 7) is 5.63. The third kappa shape index (κ3) is 46.3. The Morgan fingerprint density at radius 3 is 1.31 bits per heavy atom. The monoisotopic (exact) mass is 1170 g/mol. The van der Waals surface area contributed by atoms with E-state index in [1.54, 1.807) is 6.08 Å². The van der Waals surface area contributed by atoms with Crippen molar-refractivity contribution in [1.29, 1.82) is 0 Å². The second kappa shape index (κ2) is 59.4. The lowest BCUT2D eigenvalue weighted by molar-refractivity contribution is -0.305. The van der Waals surface area contributed by atoms with Crippen molar-refractivity contribution in [3.05, 3.63) is 122 Å². The molecule has 6 N–H and O–H groups in total. The van der Waals surface area contributed by atoms with Crippen molar-refractivity contribution in [2.24, 2.45) is 0 Å². The van der Waals surface area contributed by atoms with Gasteiger partial charge in [0, 0.05) is 6.42 Å². The first-order valence-corrected chi connectivity index (χ1v) is 33.8. The minimum absolute atomic E-state index is 0.102. The van der Waals surface area contributed by atoms with E-state index in [1.807, 2.05) is 6.08 Å². The maximum absolute atomic E-state index is 13.5. The van der Waals surface area contributed by atoms with E-state index in [-0.39, 0.29) is 19.4 Å². The summed E-state index contributed by atoms with van der Waals surface area (Å²) in [5.74, 6) is -1.23. The second-order valence-electron chi connectivity index (χ2n) is 22.8. The fourth-order valence-corrected chi connectivity index (χ4v) is 9.78. The summed E-state index contributed by atoms with van der Waals surface area (Å²) in [6, 6.07) is -1.05. The van der Waals surface area contributed by atoms with Gasteiger partial charge in [0.15, 0.2) is 12.4 Å². The SMILES string of the molecule is CC/C=C\C/C=C\C/C=C\C/C=C\C/C=C\CCCCCCC(O)C(=O)NC(COC1OC(CO)C(O)C(O)C1OC(=O)CCCCCCCCC/C=C\C/C=C\C/C=C\C/C=C\CCCCC)C(O)/C=C/CCCCCCCCCCCC. The summed E-state index contributed by atoms with van der Waals surface area (Å²) in [7, 11) is 0. The topological polar surface area (TPSA) is 175 Å². The average molecular weight is 1170 g/mol. The predicted octanol–water partition coefficient (Wildman–Crippen LogP) is 17.0. The molecule has 0 aliphatic carbocycles. The first-order valence-electron chi connectivity index (χ1n) is 33.8. The van der Waals surface area contributed by atoms with Gasteiger partial charge in [-0.05, 0) is 116 Å². The maximum atomic E-state index is 13.5. The van der Waals surface area contributed by atoms with E-state index in [1.165, 1.54) is 70.6 Å². The van der Waals surface area contributed by atoms with Crippen molar-refractivity contribution in [3.8, 4) is 0 Å². The molecule has 0 bridgehead atoms. The number of rotatable bonds is 56. The number of aliphatic hydroxyl groups is 5. The molecule has 1 aliphatic rings. The van der Waals surface area contributed by atoms with Crippen LogP contribution in [0.25, 0.3) is 0 Å². The molecule has 0 radical (unpaired) electrons. The van der Waals surface area contributed by atoms with Crippen LogP contribution in [-0.4, -0.2) is 99.6 Å². The molecule has 1 amide bonds. The van der Waals surface area contributed by atoms with E-state index in [2.05, 4.69) is 135 Å². The largest absolute Gasteiger partial charge is 0.454 e. The Balaban J connectivity index is 2.65. The molecule has 1 fully saturated rings. The van der Waals surface area contributed by atoms with Gasteiger partial charge < -0.3 is 45.1 Å². The van der Waals surface area contributed by atoms with Crippen LogP contribution in [0.3, 0.4) is 0 Å². The molecule has 84 heavy (non-hydrogen) atoms. The van der Waals surface area contributed by atoms with E-state index < -0.39 is 67.4 Å². The van der Waals surface area contributed by atoms with E-state index in [0.29, 0.717) is 12.8 Å². The van der Waals surface area contributed by atoms with Crippen molar-refractivity contribution in [1.82, 2.24) is 5.32 Å². The van der Waals surface area contributed by atoms with Crippen LogP contribution in [0.5, 0.6) is 0 Å². The average Bonchev–Trinajstić information content (AvgIpc) is 3.52. The molecule has 0 aromatic rings. The lowest BCUT2D eigenvalue weighted by Gasteiger charge is -2.41. The normalized spacial score (nSPS) is 19.3. The minimum atomic E-state index is -1.63. The number of esters is 1. The van der Waals surface area contributed by atoms with Crippen LogP contribution in [0.2, 0.25) is 0 Å².